The average Bonchev–Trinajstić information content (AvgIpc) is 3.28. The summed E-state index contributed by atoms with van der Waals surface area (Å²) in [6, 6.07) is 7.99. The molecule has 5 heteroatoms. The van der Waals surface area contributed by atoms with E-state index in [1.807, 2.05) is 31.3 Å². The molecule has 0 saturated heterocycles. The molecule has 0 aromatic heterocycles. The van der Waals surface area contributed by atoms with Crippen LogP contribution in [0.1, 0.15) is 36.8 Å². The van der Waals surface area contributed by atoms with Gasteiger partial charge in [-0.05, 0) is 55.7 Å². The molecule has 2 fully saturated rings. The lowest BCUT2D eigenvalue weighted by Gasteiger charge is -2.18. The number of hydrogen-bond donors (Lipinski definition) is 2. The molecule has 1 aromatic rings. The van der Waals surface area contributed by atoms with Crippen molar-refractivity contribution in [1.82, 2.24) is 10.0 Å². The zero-order chi connectivity index (χ0) is 14.9. The summed E-state index contributed by atoms with van der Waals surface area (Å²) in [5, 5.41) is 3.09. The molecule has 3 rings (SSSR count). The van der Waals surface area contributed by atoms with Crippen LogP contribution in [0.3, 0.4) is 0 Å². The minimum atomic E-state index is -3.25. The quantitative estimate of drug-likeness (QED) is 0.772. The van der Waals surface area contributed by atoms with Gasteiger partial charge in [-0.15, -0.1) is 0 Å². The van der Waals surface area contributed by atoms with Crippen LogP contribution in [-0.2, 0) is 22.3 Å². The van der Waals surface area contributed by atoms with Crippen molar-refractivity contribution in [3.63, 3.8) is 0 Å². The van der Waals surface area contributed by atoms with E-state index in [9.17, 15) is 8.42 Å². The van der Waals surface area contributed by atoms with Gasteiger partial charge in [0.15, 0.2) is 0 Å². The molecule has 21 heavy (non-hydrogen) atoms. The van der Waals surface area contributed by atoms with Crippen molar-refractivity contribution in [3.8, 4) is 0 Å². The summed E-state index contributed by atoms with van der Waals surface area (Å²) in [7, 11) is -1.36. The first-order valence-corrected chi connectivity index (χ1v) is 9.45. The van der Waals surface area contributed by atoms with Crippen LogP contribution in [0.2, 0.25) is 0 Å². The van der Waals surface area contributed by atoms with Crippen LogP contribution in [0.15, 0.2) is 24.3 Å². The first-order valence-electron chi connectivity index (χ1n) is 7.80. The Hall–Kier alpha value is -0.910. The molecule has 0 spiro atoms. The number of rotatable bonds is 8. The highest BCUT2D eigenvalue weighted by Crippen LogP contribution is 2.44. The first-order chi connectivity index (χ1) is 10.1. The van der Waals surface area contributed by atoms with E-state index in [1.165, 1.54) is 25.7 Å². The van der Waals surface area contributed by atoms with Gasteiger partial charge in [0.1, 0.15) is 0 Å². The molecule has 116 valence electrons. The van der Waals surface area contributed by atoms with E-state index in [2.05, 4.69) is 10.0 Å². The number of hydrogen-bond acceptors (Lipinski definition) is 3. The van der Waals surface area contributed by atoms with Crippen LogP contribution < -0.4 is 10.0 Å². The highest BCUT2D eigenvalue weighted by molar-refractivity contribution is 7.88. The van der Waals surface area contributed by atoms with E-state index in [0.29, 0.717) is 11.8 Å². The van der Waals surface area contributed by atoms with Gasteiger partial charge in [-0.3, -0.25) is 0 Å². The number of benzene rings is 1. The topological polar surface area (TPSA) is 58.2 Å². The Kier molecular flexibility index (Phi) is 4.33. The Balaban J connectivity index is 1.65. The molecule has 0 amide bonds. The van der Waals surface area contributed by atoms with E-state index in [1.54, 1.807) is 0 Å². The SMILES string of the molecule is CNCc1cccc(CS(=O)(=O)NC(C2CC2)C2CC2)c1. The Bertz CT molecular complexity index is 580. The normalized spacial score (nSPS) is 19.1. The summed E-state index contributed by atoms with van der Waals surface area (Å²) in [5.74, 6) is 1.26. The maximum atomic E-state index is 12.4. The Morgan fingerprint density at radius 3 is 2.33 bits per heavy atom. The second-order valence-electron chi connectivity index (χ2n) is 6.43. The van der Waals surface area contributed by atoms with Gasteiger partial charge >= 0.3 is 0 Å². The molecule has 0 radical (unpaired) electrons. The molecule has 0 atom stereocenters. The molecule has 0 bridgehead atoms. The molecular formula is C16H24N2O2S. The van der Waals surface area contributed by atoms with Gasteiger partial charge in [-0.2, -0.15) is 0 Å². The van der Waals surface area contributed by atoms with Crippen LogP contribution in [-0.4, -0.2) is 21.5 Å². The third kappa shape index (κ3) is 4.28. The third-order valence-corrected chi connectivity index (χ3v) is 5.65. The molecular weight excluding hydrogens is 284 g/mol. The van der Waals surface area contributed by atoms with Crippen molar-refractivity contribution in [1.29, 1.82) is 0 Å². The smallest absolute Gasteiger partial charge is 0.216 e. The van der Waals surface area contributed by atoms with Crippen LogP contribution in [0, 0.1) is 11.8 Å². The van der Waals surface area contributed by atoms with Crippen LogP contribution in [0.4, 0.5) is 0 Å². The van der Waals surface area contributed by atoms with Crippen molar-refractivity contribution >= 4 is 10.0 Å². The van der Waals surface area contributed by atoms with E-state index in [-0.39, 0.29) is 11.8 Å². The van der Waals surface area contributed by atoms with E-state index in [0.717, 1.165) is 17.7 Å². The Morgan fingerprint density at radius 1 is 1.14 bits per heavy atom. The Labute approximate surface area is 127 Å². The predicted octanol–water partition coefficient (Wildman–Crippen LogP) is 2.01. The van der Waals surface area contributed by atoms with Crippen molar-refractivity contribution in [3.05, 3.63) is 35.4 Å². The fourth-order valence-electron chi connectivity index (χ4n) is 2.99. The summed E-state index contributed by atoms with van der Waals surface area (Å²) in [4.78, 5) is 0. The number of nitrogens with one attached hydrogen (secondary N) is 2. The molecule has 0 unspecified atom stereocenters. The molecule has 1 aromatic carbocycles. The monoisotopic (exact) mass is 308 g/mol. The van der Waals surface area contributed by atoms with Gasteiger partial charge in [0, 0.05) is 12.6 Å². The third-order valence-electron chi connectivity index (χ3n) is 4.30. The van der Waals surface area contributed by atoms with Gasteiger partial charge in [0.2, 0.25) is 10.0 Å². The standard InChI is InChI=1S/C16H24N2O2S/c1-17-10-12-3-2-4-13(9-12)11-21(19,20)18-16(14-5-6-14)15-7-8-15/h2-4,9,14-18H,5-8,10-11H2,1H3. The largest absolute Gasteiger partial charge is 0.316 e. The van der Waals surface area contributed by atoms with Crippen LogP contribution in [0.25, 0.3) is 0 Å². The maximum absolute atomic E-state index is 12.4. The average molecular weight is 308 g/mol. The zero-order valence-electron chi connectivity index (χ0n) is 12.5. The van der Waals surface area contributed by atoms with Gasteiger partial charge in [-0.1, -0.05) is 24.3 Å². The molecule has 2 aliphatic rings. The lowest BCUT2D eigenvalue weighted by Crippen LogP contribution is -2.38. The van der Waals surface area contributed by atoms with Gasteiger partial charge < -0.3 is 5.32 Å². The summed E-state index contributed by atoms with van der Waals surface area (Å²) >= 11 is 0. The predicted molar refractivity (Wildman–Crippen MR) is 84.2 cm³/mol. The first kappa shape index (κ1) is 15.0. The second-order valence-corrected chi connectivity index (χ2v) is 8.18. The molecule has 0 aliphatic heterocycles. The summed E-state index contributed by atoms with van der Waals surface area (Å²) < 4.78 is 27.8. The van der Waals surface area contributed by atoms with Crippen LogP contribution >= 0.6 is 0 Å². The maximum Gasteiger partial charge on any atom is 0.216 e. The van der Waals surface area contributed by atoms with Gasteiger partial charge in [-0.25, -0.2) is 13.1 Å². The Morgan fingerprint density at radius 2 is 1.76 bits per heavy atom. The lowest BCUT2D eigenvalue weighted by molar-refractivity contribution is 0.471. The highest BCUT2D eigenvalue weighted by Gasteiger charge is 2.43. The minimum absolute atomic E-state index is 0.0838. The molecule has 0 heterocycles. The van der Waals surface area contributed by atoms with Gasteiger partial charge in [0.05, 0.1) is 5.75 Å². The van der Waals surface area contributed by atoms with E-state index < -0.39 is 10.0 Å². The van der Waals surface area contributed by atoms with Crippen molar-refractivity contribution < 1.29 is 8.42 Å². The molecule has 4 nitrogen and oxygen atoms in total. The minimum Gasteiger partial charge on any atom is -0.316 e. The van der Waals surface area contributed by atoms with E-state index >= 15 is 0 Å². The number of sulfonamides is 1. The van der Waals surface area contributed by atoms with Crippen molar-refractivity contribution in [2.45, 2.75) is 44.0 Å². The molecule has 2 N–H and O–H groups in total. The van der Waals surface area contributed by atoms with Crippen molar-refractivity contribution in [2.75, 3.05) is 7.05 Å². The summed E-state index contributed by atoms with van der Waals surface area (Å²) in [6.45, 7) is 0.758. The highest BCUT2D eigenvalue weighted by atomic mass is 32.2. The van der Waals surface area contributed by atoms with Gasteiger partial charge in [0.25, 0.3) is 0 Å². The lowest BCUT2D eigenvalue weighted by atomic mass is 10.1. The fraction of sp³-hybridized carbons (Fsp3) is 0.625. The molecule has 2 aliphatic carbocycles. The van der Waals surface area contributed by atoms with E-state index in [4.69, 9.17) is 0 Å². The van der Waals surface area contributed by atoms with Crippen molar-refractivity contribution in [2.24, 2.45) is 11.8 Å². The molecule has 2 saturated carbocycles. The summed E-state index contributed by atoms with van der Waals surface area (Å²) in [5.41, 5.74) is 1.98. The zero-order valence-corrected chi connectivity index (χ0v) is 13.3. The fourth-order valence-corrected chi connectivity index (χ4v) is 4.49. The summed E-state index contributed by atoms with van der Waals surface area (Å²) in [6.07, 6.45) is 4.73. The second kappa shape index (κ2) is 6.07. The van der Waals surface area contributed by atoms with Crippen LogP contribution in [0.5, 0.6) is 0 Å².